The standard InChI is InChI=1S/C15H22N4/c1-5-14(16)8-13-6-10(2)15(17-9-13)19-12(4)7-11(3)18-19/h6-7,9,14H,5,8,16H2,1-4H3. The maximum atomic E-state index is 5.99. The molecule has 4 nitrogen and oxygen atoms in total. The van der Waals surface area contributed by atoms with Crippen LogP contribution in [-0.2, 0) is 6.42 Å². The molecule has 102 valence electrons. The van der Waals surface area contributed by atoms with Gasteiger partial charge in [-0.2, -0.15) is 5.10 Å². The molecule has 0 saturated heterocycles. The molecule has 2 aromatic rings. The van der Waals surface area contributed by atoms with Crippen molar-refractivity contribution in [1.82, 2.24) is 14.8 Å². The summed E-state index contributed by atoms with van der Waals surface area (Å²) >= 11 is 0. The van der Waals surface area contributed by atoms with E-state index in [0.29, 0.717) is 0 Å². The van der Waals surface area contributed by atoms with Crippen LogP contribution < -0.4 is 5.73 Å². The third-order valence-corrected chi connectivity index (χ3v) is 3.34. The van der Waals surface area contributed by atoms with Crippen molar-refractivity contribution in [3.63, 3.8) is 0 Å². The molecule has 2 rings (SSSR count). The lowest BCUT2D eigenvalue weighted by Crippen LogP contribution is -2.21. The molecule has 0 aromatic carbocycles. The monoisotopic (exact) mass is 258 g/mol. The van der Waals surface area contributed by atoms with Gasteiger partial charge >= 0.3 is 0 Å². The topological polar surface area (TPSA) is 56.7 Å². The Morgan fingerprint density at radius 2 is 2.00 bits per heavy atom. The number of hydrogen-bond donors (Lipinski definition) is 1. The molecule has 19 heavy (non-hydrogen) atoms. The van der Waals surface area contributed by atoms with Gasteiger partial charge in [0.05, 0.1) is 5.69 Å². The molecule has 0 aliphatic heterocycles. The fraction of sp³-hybridized carbons (Fsp3) is 0.467. The quantitative estimate of drug-likeness (QED) is 0.916. The summed E-state index contributed by atoms with van der Waals surface area (Å²) in [5.74, 6) is 0.902. The highest BCUT2D eigenvalue weighted by Crippen LogP contribution is 2.16. The van der Waals surface area contributed by atoms with E-state index >= 15 is 0 Å². The van der Waals surface area contributed by atoms with Crippen LogP contribution in [-0.4, -0.2) is 20.8 Å². The average Bonchev–Trinajstić information content (AvgIpc) is 2.68. The van der Waals surface area contributed by atoms with E-state index in [9.17, 15) is 0 Å². The zero-order valence-electron chi connectivity index (χ0n) is 12.1. The van der Waals surface area contributed by atoms with Crippen LogP contribution >= 0.6 is 0 Å². The van der Waals surface area contributed by atoms with E-state index in [-0.39, 0.29) is 6.04 Å². The highest BCUT2D eigenvalue weighted by atomic mass is 15.3. The summed E-state index contributed by atoms with van der Waals surface area (Å²) in [5.41, 5.74) is 10.4. The second-order valence-corrected chi connectivity index (χ2v) is 5.20. The van der Waals surface area contributed by atoms with E-state index in [2.05, 4.69) is 36.1 Å². The van der Waals surface area contributed by atoms with Gasteiger partial charge in [-0.05, 0) is 50.8 Å². The Morgan fingerprint density at radius 3 is 2.53 bits per heavy atom. The van der Waals surface area contributed by atoms with Gasteiger partial charge in [0.1, 0.15) is 0 Å². The Kier molecular flexibility index (Phi) is 4.00. The van der Waals surface area contributed by atoms with Crippen LogP contribution in [0.3, 0.4) is 0 Å². The summed E-state index contributed by atoms with van der Waals surface area (Å²) in [5, 5.41) is 4.48. The van der Waals surface area contributed by atoms with Crippen molar-refractivity contribution >= 4 is 0 Å². The molecule has 0 radical (unpaired) electrons. The van der Waals surface area contributed by atoms with Crippen molar-refractivity contribution in [2.24, 2.45) is 5.73 Å². The van der Waals surface area contributed by atoms with E-state index in [0.717, 1.165) is 35.6 Å². The molecule has 0 aliphatic carbocycles. The molecular weight excluding hydrogens is 236 g/mol. The third kappa shape index (κ3) is 3.01. The number of rotatable bonds is 4. The smallest absolute Gasteiger partial charge is 0.156 e. The van der Waals surface area contributed by atoms with Crippen LogP contribution in [0.4, 0.5) is 0 Å². The van der Waals surface area contributed by atoms with Gasteiger partial charge in [-0.15, -0.1) is 0 Å². The molecule has 0 bridgehead atoms. The molecular formula is C15H22N4. The first-order chi connectivity index (χ1) is 9.01. The van der Waals surface area contributed by atoms with Gasteiger partial charge in [0.25, 0.3) is 0 Å². The van der Waals surface area contributed by atoms with E-state index < -0.39 is 0 Å². The minimum absolute atomic E-state index is 0.209. The first-order valence-electron chi connectivity index (χ1n) is 6.76. The third-order valence-electron chi connectivity index (χ3n) is 3.34. The Hall–Kier alpha value is -1.68. The molecule has 2 N–H and O–H groups in total. The number of hydrogen-bond acceptors (Lipinski definition) is 3. The fourth-order valence-electron chi connectivity index (χ4n) is 2.25. The van der Waals surface area contributed by atoms with Crippen LogP contribution in [0.2, 0.25) is 0 Å². The van der Waals surface area contributed by atoms with Gasteiger partial charge in [-0.1, -0.05) is 13.0 Å². The number of nitrogens with two attached hydrogens (primary N) is 1. The average molecular weight is 258 g/mol. The van der Waals surface area contributed by atoms with E-state index in [1.165, 1.54) is 5.56 Å². The molecule has 0 saturated carbocycles. The Labute approximate surface area is 114 Å². The molecule has 0 amide bonds. The Bertz CT molecular complexity index is 572. The predicted octanol–water partition coefficient (Wildman–Crippen LogP) is 2.47. The normalized spacial score (nSPS) is 12.7. The van der Waals surface area contributed by atoms with Gasteiger partial charge in [-0.3, -0.25) is 0 Å². The molecule has 0 fully saturated rings. The predicted molar refractivity (Wildman–Crippen MR) is 77.5 cm³/mol. The minimum atomic E-state index is 0.209. The zero-order valence-corrected chi connectivity index (χ0v) is 12.1. The lowest BCUT2D eigenvalue weighted by atomic mass is 10.1. The number of nitrogens with zero attached hydrogens (tertiary/aromatic N) is 3. The molecule has 4 heteroatoms. The van der Waals surface area contributed by atoms with Gasteiger partial charge in [-0.25, -0.2) is 9.67 Å². The SMILES string of the molecule is CCC(N)Cc1cnc(-n2nc(C)cc2C)c(C)c1. The van der Waals surface area contributed by atoms with Crippen molar-refractivity contribution in [3.05, 3.63) is 40.8 Å². The summed E-state index contributed by atoms with van der Waals surface area (Å²) in [4.78, 5) is 4.55. The Balaban J connectivity index is 2.32. The van der Waals surface area contributed by atoms with Crippen LogP contribution in [0.5, 0.6) is 0 Å². The largest absolute Gasteiger partial charge is 0.327 e. The van der Waals surface area contributed by atoms with Crippen molar-refractivity contribution in [3.8, 4) is 5.82 Å². The first kappa shape index (κ1) is 13.7. The van der Waals surface area contributed by atoms with Crippen LogP contribution in [0.15, 0.2) is 18.3 Å². The van der Waals surface area contributed by atoms with Gasteiger partial charge < -0.3 is 5.73 Å². The zero-order chi connectivity index (χ0) is 14.0. The van der Waals surface area contributed by atoms with Gasteiger partial charge in [0.2, 0.25) is 0 Å². The summed E-state index contributed by atoms with van der Waals surface area (Å²) in [6.45, 7) is 8.21. The lowest BCUT2D eigenvalue weighted by Gasteiger charge is -2.11. The van der Waals surface area contributed by atoms with Crippen molar-refractivity contribution < 1.29 is 0 Å². The van der Waals surface area contributed by atoms with Gasteiger partial charge in [0, 0.05) is 17.9 Å². The van der Waals surface area contributed by atoms with Crippen molar-refractivity contribution in [1.29, 1.82) is 0 Å². The first-order valence-corrected chi connectivity index (χ1v) is 6.76. The summed E-state index contributed by atoms with van der Waals surface area (Å²) in [6.07, 6.45) is 3.77. The fourth-order valence-corrected chi connectivity index (χ4v) is 2.25. The molecule has 0 spiro atoms. The van der Waals surface area contributed by atoms with Crippen LogP contribution in [0.1, 0.15) is 35.9 Å². The summed E-state index contributed by atoms with van der Waals surface area (Å²) < 4.78 is 1.90. The second-order valence-electron chi connectivity index (χ2n) is 5.20. The lowest BCUT2D eigenvalue weighted by molar-refractivity contribution is 0.644. The van der Waals surface area contributed by atoms with Crippen molar-refractivity contribution in [2.75, 3.05) is 0 Å². The molecule has 0 aliphatic rings. The number of aromatic nitrogens is 3. The highest BCUT2D eigenvalue weighted by molar-refractivity contribution is 5.36. The maximum Gasteiger partial charge on any atom is 0.156 e. The van der Waals surface area contributed by atoms with E-state index in [4.69, 9.17) is 5.73 Å². The summed E-state index contributed by atoms with van der Waals surface area (Å²) in [7, 11) is 0. The van der Waals surface area contributed by atoms with Crippen molar-refractivity contribution in [2.45, 2.75) is 46.6 Å². The summed E-state index contributed by atoms with van der Waals surface area (Å²) in [6, 6.07) is 4.43. The molecule has 2 heterocycles. The molecule has 1 atom stereocenters. The number of aryl methyl sites for hydroxylation is 3. The maximum absolute atomic E-state index is 5.99. The minimum Gasteiger partial charge on any atom is -0.327 e. The molecule has 1 unspecified atom stereocenters. The second kappa shape index (κ2) is 5.53. The van der Waals surface area contributed by atoms with Crippen LogP contribution in [0.25, 0.3) is 5.82 Å². The van der Waals surface area contributed by atoms with Crippen LogP contribution in [0, 0.1) is 20.8 Å². The number of pyridine rings is 1. The molecule has 2 aromatic heterocycles. The highest BCUT2D eigenvalue weighted by Gasteiger charge is 2.10. The Morgan fingerprint density at radius 1 is 1.26 bits per heavy atom. The van der Waals surface area contributed by atoms with E-state index in [1.54, 1.807) is 0 Å². The van der Waals surface area contributed by atoms with Gasteiger partial charge in [0.15, 0.2) is 5.82 Å². The van der Waals surface area contributed by atoms with E-state index in [1.807, 2.05) is 24.7 Å².